The molecule has 1 aromatic heterocycles. The highest BCUT2D eigenvalue weighted by molar-refractivity contribution is 5.99. The second-order valence-electron chi connectivity index (χ2n) is 3.75. The highest BCUT2D eigenvalue weighted by atomic mass is 16.1. The van der Waals surface area contributed by atoms with Gasteiger partial charge in [0.15, 0.2) is 5.82 Å². The number of hydrogen-bond acceptors (Lipinski definition) is 7. The molecule has 0 aliphatic rings. The van der Waals surface area contributed by atoms with Crippen LogP contribution in [0.25, 0.3) is 0 Å². The number of nitrogen functional groups attached to an aromatic ring is 2. The van der Waals surface area contributed by atoms with E-state index in [-0.39, 0.29) is 17.5 Å². The monoisotopic (exact) mass is 236 g/mol. The van der Waals surface area contributed by atoms with Gasteiger partial charge in [-0.05, 0) is 13.8 Å². The van der Waals surface area contributed by atoms with E-state index in [1.807, 2.05) is 0 Å². The van der Waals surface area contributed by atoms with Gasteiger partial charge in [-0.15, -0.1) is 0 Å². The van der Waals surface area contributed by atoms with Crippen molar-refractivity contribution >= 4 is 29.1 Å². The summed E-state index contributed by atoms with van der Waals surface area (Å²) in [4.78, 5) is 18.7. The first kappa shape index (κ1) is 12.9. The number of Topliss-reactive ketones (excluding diaryl/α,β-unsaturated/α-hetero) is 1. The molecule has 0 saturated carbocycles. The molecule has 0 atom stereocenters. The number of hydrazone groups is 1. The number of aromatic nitrogens is 2. The maximum Gasteiger partial charge on any atom is 0.223 e. The third-order valence-corrected chi connectivity index (χ3v) is 1.91. The van der Waals surface area contributed by atoms with Crippen molar-refractivity contribution in [3.63, 3.8) is 0 Å². The number of anilines is 3. The Bertz CT molecular complexity index is 436. The molecule has 17 heavy (non-hydrogen) atoms. The van der Waals surface area contributed by atoms with E-state index in [1.54, 1.807) is 20.0 Å². The van der Waals surface area contributed by atoms with Gasteiger partial charge in [-0.1, -0.05) is 0 Å². The quantitative estimate of drug-likeness (QED) is 0.579. The van der Waals surface area contributed by atoms with Crippen LogP contribution in [0.1, 0.15) is 20.3 Å². The first-order valence-electron chi connectivity index (χ1n) is 5.05. The van der Waals surface area contributed by atoms with E-state index in [0.717, 1.165) is 0 Å². The lowest BCUT2D eigenvalue weighted by molar-refractivity contribution is -0.115. The molecule has 0 aliphatic carbocycles. The van der Waals surface area contributed by atoms with Gasteiger partial charge in [-0.3, -0.25) is 9.80 Å². The van der Waals surface area contributed by atoms with E-state index < -0.39 is 0 Å². The largest absolute Gasteiger partial charge is 0.383 e. The van der Waals surface area contributed by atoms with Gasteiger partial charge in [-0.2, -0.15) is 15.1 Å². The van der Waals surface area contributed by atoms with Crippen molar-refractivity contribution in [2.75, 3.05) is 23.5 Å². The lowest BCUT2D eigenvalue weighted by Crippen LogP contribution is -2.16. The van der Waals surface area contributed by atoms with Crippen molar-refractivity contribution in [2.45, 2.75) is 20.3 Å². The van der Waals surface area contributed by atoms with E-state index in [0.29, 0.717) is 18.0 Å². The van der Waals surface area contributed by atoms with E-state index >= 15 is 0 Å². The first-order valence-corrected chi connectivity index (χ1v) is 5.05. The van der Waals surface area contributed by atoms with Crippen LogP contribution in [0.4, 0.5) is 17.6 Å². The van der Waals surface area contributed by atoms with Crippen LogP contribution in [-0.4, -0.2) is 28.5 Å². The summed E-state index contributed by atoms with van der Waals surface area (Å²) < 4.78 is 0. The van der Waals surface area contributed by atoms with E-state index in [2.05, 4.69) is 15.1 Å². The Balaban J connectivity index is 2.89. The van der Waals surface area contributed by atoms with Crippen LogP contribution in [0, 0.1) is 0 Å². The average Bonchev–Trinajstić information content (AvgIpc) is 2.14. The summed E-state index contributed by atoms with van der Waals surface area (Å²) in [6, 6.07) is 1.56. The van der Waals surface area contributed by atoms with Gasteiger partial charge in [-0.25, -0.2) is 0 Å². The summed E-state index contributed by atoms with van der Waals surface area (Å²) in [5.41, 5.74) is 11.7. The summed E-state index contributed by atoms with van der Waals surface area (Å²) >= 11 is 0. The molecule has 7 heteroatoms. The highest BCUT2D eigenvalue weighted by Gasteiger charge is 2.05. The molecule has 0 aliphatic heterocycles. The predicted molar refractivity (Wildman–Crippen MR) is 67.7 cm³/mol. The number of hydrogen-bond donors (Lipinski definition) is 2. The zero-order chi connectivity index (χ0) is 13.0. The van der Waals surface area contributed by atoms with Gasteiger partial charge in [0.25, 0.3) is 0 Å². The standard InChI is InChI=1S/C10H16N6O/c1-6(4-7(2)17)15-16(3)9-5-8(11)13-10(12)14-9/h5H,4H2,1-3H3,(H4,11,12,13,14). The molecule has 0 radical (unpaired) electrons. The van der Waals surface area contributed by atoms with E-state index in [1.165, 1.54) is 11.9 Å². The highest BCUT2D eigenvalue weighted by Crippen LogP contribution is 2.13. The van der Waals surface area contributed by atoms with Gasteiger partial charge in [0.05, 0.1) is 0 Å². The number of nitrogens with two attached hydrogens (primary N) is 2. The second-order valence-corrected chi connectivity index (χ2v) is 3.75. The Morgan fingerprint density at radius 3 is 2.59 bits per heavy atom. The van der Waals surface area contributed by atoms with Crippen molar-refractivity contribution in [3.8, 4) is 0 Å². The molecule has 1 rings (SSSR count). The van der Waals surface area contributed by atoms with E-state index in [9.17, 15) is 4.79 Å². The molecular formula is C10H16N6O. The molecular weight excluding hydrogens is 220 g/mol. The zero-order valence-electron chi connectivity index (χ0n) is 10.1. The van der Waals surface area contributed by atoms with Crippen molar-refractivity contribution in [1.82, 2.24) is 9.97 Å². The number of carbonyl (C=O) groups excluding carboxylic acids is 1. The lowest BCUT2D eigenvalue weighted by Gasteiger charge is -2.13. The topological polar surface area (TPSA) is 110 Å². The van der Waals surface area contributed by atoms with Crippen molar-refractivity contribution in [2.24, 2.45) is 5.10 Å². The van der Waals surface area contributed by atoms with Crippen LogP contribution < -0.4 is 16.5 Å². The van der Waals surface area contributed by atoms with Crippen LogP contribution in [0.3, 0.4) is 0 Å². The molecule has 7 nitrogen and oxygen atoms in total. The molecule has 1 heterocycles. The van der Waals surface area contributed by atoms with Gasteiger partial charge in [0, 0.05) is 25.2 Å². The molecule has 1 aromatic rings. The van der Waals surface area contributed by atoms with Crippen LogP contribution in [0.2, 0.25) is 0 Å². The first-order chi connectivity index (χ1) is 7.88. The summed E-state index contributed by atoms with van der Waals surface area (Å²) in [5, 5.41) is 5.70. The fourth-order valence-corrected chi connectivity index (χ4v) is 1.34. The molecule has 0 fully saturated rings. The summed E-state index contributed by atoms with van der Waals surface area (Å²) in [6.07, 6.45) is 0.306. The van der Waals surface area contributed by atoms with Crippen molar-refractivity contribution < 1.29 is 4.79 Å². The number of carbonyl (C=O) groups is 1. The molecule has 0 unspecified atom stereocenters. The third-order valence-electron chi connectivity index (χ3n) is 1.91. The second kappa shape index (κ2) is 5.24. The minimum absolute atomic E-state index is 0.0568. The van der Waals surface area contributed by atoms with Crippen molar-refractivity contribution in [1.29, 1.82) is 0 Å². The molecule has 0 aromatic carbocycles. The lowest BCUT2D eigenvalue weighted by atomic mass is 10.2. The Labute approximate surface area is 99.5 Å². The summed E-state index contributed by atoms with van der Waals surface area (Å²) in [6.45, 7) is 3.28. The average molecular weight is 236 g/mol. The SMILES string of the molecule is CC(=O)CC(C)=NN(C)c1cc(N)nc(N)n1. The molecule has 0 bridgehead atoms. The molecule has 4 N–H and O–H groups in total. The minimum Gasteiger partial charge on any atom is -0.383 e. The zero-order valence-corrected chi connectivity index (χ0v) is 10.1. The number of nitrogens with zero attached hydrogens (tertiary/aromatic N) is 4. The fraction of sp³-hybridized carbons (Fsp3) is 0.400. The Morgan fingerprint density at radius 1 is 1.41 bits per heavy atom. The number of ketones is 1. The molecule has 0 saturated heterocycles. The predicted octanol–water partition coefficient (Wildman–Crippen LogP) is 0.432. The maximum absolute atomic E-state index is 10.9. The minimum atomic E-state index is 0.0568. The van der Waals surface area contributed by atoms with Gasteiger partial charge < -0.3 is 11.5 Å². The maximum atomic E-state index is 10.9. The van der Waals surface area contributed by atoms with Crippen molar-refractivity contribution in [3.05, 3.63) is 6.07 Å². The van der Waals surface area contributed by atoms with Gasteiger partial charge >= 0.3 is 0 Å². The normalized spacial score (nSPS) is 11.4. The fourth-order valence-electron chi connectivity index (χ4n) is 1.34. The summed E-state index contributed by atoms with van der Waals surface area (Å²) in [5.74, 6) is 0.907. The Morgan fingerprint density at radius 2 is 2.06 bits per heavy atom. The smallest absolute Gasteiger partial charge is 0.223 e. The number of rotatable bonds is 4. The Kier molecular flexibility index (Phi) is 3.97. The van der Waals surface area contributed by atoms with Crippen LogP contribution >= 0.6 is 0 Å². The molecule has 0 amide bonds. The molecule has 92 valence electrons. The van der Waals surface area contributed by atoms with Crippen LogP contribution in [0.5, 0.6) is 0 Å². The van der Waals surface area contributed by atoms with Gasteiger partial charge in [0.1, 0.15) is 11.6 Å². The Hall–Kier alpha value is -2.18. The van der Waals surface area contributed by atoms with Gasteiger partial charge in [0.2, 0.25) is 5.95 Å². The van der Waals surface area contributed by atoms with E-state index in [4.69, 9.17) is 11.5 Å². The summed E-state index contributed by atoms with van der Waals surface area (Å²) in [7, 11) is 1.70. The van der Waals surface area contributed by atoms with Crippen LogP contribution in [-0.2, 0) is 4.79 Å². The van der Waals surface area contributed by atoms with Crippen LogP contribution in [0.15, 0.2) is 11.2 Å². The molecule has 0 spiro atoms. The third kappa shape index (κ3) is 4.06.